The maximum Gasteiger partial charge on any atom is 0.255 e. The van der Waals surface area contributed by atoms with Crippen LogP contribution in [0.5, 0.6) is 0 Å². The van der Waals surface area contributed by atoms with Gasteiger partial charge < -0.3 is 5.32 Å². The van der Waals surface area contributed by atoms with Gasteiger partial charge in [0.15, 0.2) is 0 Å². The van der Waals surface area contributed by atoms with Crippen molar-refractivity contribution in [3.63, 3.8) is 0 Å². The summed E-state index contributed by atoms with van der Waals surface area (Å²) in [7, 11) is 0. The molecule has 20 heavy (non-hydrogen) atoms. The lowest BCUT2D eigenvalue weighted by Gasteiger charge is -2.08. The van der Waals surface area contributed by atoms with Gasteiger partial charge in [0.25, 0.3) is 5.91 Å². The number of rotatable bonds is 2. The van der Waals surface area contributed by atoms with E-state index >= 15 is 0 Å². The SMILES string of the molecule is Cc1cccc(C(=O)Nc2c(Cl)ccc3nsnc23)c1. The number of aryl methyl sites for hydroxylation is 1. The van der Waals surface area contributed by atoms with Crippen LogP contribution < -0.4 is 5.32 Å². The third kappa shape index (κ3) is 2.37. The van der Waals surface area contributed by atoms with Gasteiger partial charge in [-0.3, -0.25) is 4.79 Å². The molecule has 0 aliphatic rings. The third-order valence-corrected chi connectivity index (χ3v) is 3.75. The summed E-state index contributed by atoms with van der Waals surface area (Å²) in [4.78, 5) is 12.3. The fourth-order valence-electron chi connectivity index (χ4n) is 1.92. The lowest BCUT2D eigenvalue weighted by atomic mass is 10.1. The summed E-state index contributed by atoms with van der Waals surface area (Å²) in [5.74, 6) is -0.212. The second-order valence-electron chi connectivity index (χ2n) is 4.38. The topological polar surface area (TPSA) is 54.9 Å². The van der Waals surface area contributed by atoms with Gasteiger partial charge in [-0.25, -0.2) is 0 Å². The number of aromatic nitrogens is 2. The highest BCUT2D eigenvalue weighted by Crippen LogP contribution is 2.30. The Hall–Kier alpha value is -1.98. The van der Waals surface area contributed by atoms with Gasteiger partial charge in [0.05, 0.1) is 22.4 Å². The molecule has 0 radical (unpaired) electrons. The number of nitrogens with one attached hydrogen (secondary N) is 1. The lowest BCUT2D eigenvalue weighted by Crippen LogP contribution is -2.12. The molecule has 2 aromatic carbocycles. The quantitative estimate of drug-likeness (QED) is 0.781. The highest BCUT2D eigenvalue weighted by atomic mass is 35.5. The molecule has 0 saturated carbocycles. The van der Waals surface area contributed by atoms with Crippen molar-refractivity contribution >= 4 is 46.0 Å². The maximum atomic E-state index is 12.3. The molecule has 6 heteroatoms. The van der Waals surface area contributed by atoms with Crippen LogP contribution in [0.2, 0.25) is 5.02 Å². The normalized spacial score (nSPS) is 10.7. The highest BCUT2D eigenvalue weighted by molar-refractivity contribution is 7.00. The molecule has 0 fully saturated rings. The molecule has 0 spiro atoms. The molecule has 1 amide bonds. The molecule has 4 nitrogen and oxygen atoms in total. The molecular formula is C14H10ClN3OS. The van der Waals surface area contributed by atoms with Gasteiger partial charge in [-0.05, 0) is 31.2 Å². The zero-order valence-electron chi connectivity index (χ0n) is 10.6. The van der Waals surface area contributed by atoms with Crippen LogP contribution in [0.4, 0.5) is 5.69 Å². The minimum absolute atomic E-state index is 0.212. The Morgan fingerprint density at radius 3 is 2.90 bits per heavy atom. The second-order valence-corrected chi connectivity index (χ2v) is 5.31. The molecule has 1 N–H and O–H groups in total. The second kappa shape index (κ2) is 5.19. The van der Waals surface area contributed by atoms with Crippen molar-refractivity contribution in [1.82, 2.24) is 8.75 Å². The van der Waals surface area contributed by atoms with Gasteiger partial charge >= 0.3 is 0 Å². The minimum Gasteiger partial charge on any atom is -0.319 e. The molecule has 3 aromatic rings. The number of nitrogens with zero attached hydrogens (tertiary/aromatic N) is 2. The zero-order valence-corrected chi connectivity index (χ0v) is 12.1. The number of benzene rings is 2. The molecule has 0 bridgehead atoms. The van der Waals surface area contributed by atoms with E-state index in [2.05, 4.69) is 14.1 Å². The number of fused-ring (bicyclic) bond motifs is 1. The molecule has 3 rings (SSSR count). The number of anilines is 1. The van der Waals surface area contributed by atoms with E-state index < -0.39 is 0 Å². The van der Waals surface area contributed by atoms with Crippen LogP contribution in [0.15, 0.2) is 36.4 Å². The Morgan fingerprint density at radius 2 is 2.10 bits per heavy atom. The van der Waals surface area contributed by atoms with E-state index in [0.717, 1.165) is 22.8 Å². The van der Waals surface area contributed by atoms with E-state index in [1.54, 1.807) is 18.2 Å². The van der Waals surface area contributed by atoms with Crippen LogP contribution in [0.3, 0.4) is 0 Å². The highest BCUT2D eigenvalue weighted by Gasteiger charge is 2.14. The van der Waals surface area contributed by atoms with Crippen molar-refractivity contribution in [1.29, 1.82) is 0 Å². The number of hydrogen-bond acceptors (Lipinski definition) is 4. The van der Waals surface area contributed by atoms with Crippen LogP contribution in [-0.4, -0.2) is 14.7 Å². The number of hydrogen-bond donors (Lipinski definition) is 1. The molecule has 1 aromatic heterocycles. The first-order valence-electron chi connectivity index (χ1n) is 5.94. The minimum atomic E-state index is -0.212. The van der Waals surface area contributed by atoms with Crippen LogP contribution in [-0.2, 0) is 0 Å². The van der Waals surface area contributed by atoms with Gasteiger partial charge in [-0.1, -0.05) is 29.3 Å². The summed E-state index contributed by atoms with van der Waals surface area (Å²) >= 11 is 7.24. The third-order valence-electron chi connectivity index (χ3n) is 2.90. The van der Waals surface area contributed by atoms with E-state index in [0.29, 0.717) is 21.8 Å². The van der Waals surface area contributed by atoms with Crippen LogP contribution in [0.25, 0.3) is 11.0 Å². The zero-order chi connectivity index (χ0) is 14.1. The molecule has 100 valence electrons. The predicted molar refractivity (Wildman–Crippen MR) is 81.6 cm³/mol. The Morgan fingerprint density at radius 1 is 1.25 bits per heavy atom. The lowest BCUT2D eigenvalue weighted by molar-refractivity contribution is 0.102. The average Bonchev–Trinajstić information content (AvgIpc) is 2.90. The largest absolute Gasteiger partial charge is 0.319 e. The Bertz CT molecular complexity index is 800. The van der Waals surface area contributed by atoms with Crippen molar-refractivity contribution in [3.8, 4) is 0 Å². The summed E-state index contributed by atoms with van der Waals surface area (Å²) in [6, 6.07) is 10.9. The molecule has 0 aliphatic carbocycles. The van der Waals surface area contributed by atoms with Gasteiger partial charge in [-0.15, -0.1) is 0 Å². The first kappa shape index (κ1) is 13.0. The van der Waals surface area contributed by atoms with E-state index in [9.17, 15) is 4.79 Å². The molecule has 0 unspecified atom stereocenters. The van der Waals surface area contributed by atoms with Crippen LogP contribution in [0.1, 0.15) is 15.9 Å². The smallest absolute Gasteiger partial charge is 0.255 e. The average molecular weight is 304 g/mol. The molecule has 0 saturated heterocycles. The summed E-state index contributed by atoms with van der Waals surface area (Å²) in [5.41, 5.74) is 3.45. The Kier molecular flexibility index (Phi) is 3.38. The van der Waals surface area contributed by atoms with Gasteiger partial charge in [-0.2, -0.15) is 8.75 Å². The number of halogens is 1. The molecule has 1 heterocycles. The number of carbonyl (C=O) groups excluding carboxylic acids is 1. The fraction of sp³-hybridized carbons (Fsp3) is 0.0714. The maximum absolute atomic E-state index is 12.3. The van der Waals surface area contributed by atoms with E-state index in [-0.39, 0.29) is 5.91 Å². The van der Waals surface area contributed by atoms with Crippen molar-refractivity contribution in [2.75, 3.05) is 5.32 Å². The molecular weight excluding hydrogens is 294 g/mol. The summed E-state index contributed by atoms with van der Waals surface area (Å²) in [5, 5.41) is 3.27. The first-order chi connectivity index (χ1) is 9.65. The predicted octanol–water partition coefficient (Wildman–Crippen LogP) is 3.91. The first-order valence-corrected chi connectivity index (χ1v) is 7.05. The van der Waals surface area contributed by atoms with Crippen molar-refractivity contribution in [3.05, 3.63) is 52.5 Å². The summed E-state index contributed by atoms with van der Waals surface area (Å²) in [6.07, 6.45) is 0. The standard InChI is InChI=1S/C14H10ClN3OS/c1-8-3-2-4-9(7-8)14(19)16-12-10(15)5-6-11-13(12)18-20-17-11/h2-7H,1H3,(H,16,19). The van der Waals surface area contributed by atoms with Crippen molar-refractivity contribution in [2.24, 2.45) is 0 Å². The summed E-state index contributed by atoms with van der Waals surface area (Å²) < 4.78 is 8.31. The summed E-state index contributed by atoms with van der Waals surface area (Å²) in [6.45, 7) is 1.94. The van der Waals surface area contributed by atoms with Gasteiger partial charge in [0.1, 0.15) is 11.0 Å². The van der Waals surface area contributed by atoms with Crippen LogP contribution in [0, 0.1) is 6.92 Å². The fourth-order valence-corrected chi connectivity index (χ4v) is 2.66. The van der Waals surface area contributed by atoms with E-state index in [1.165, 1.54) is 0 Å². The van der Waals surface area contributed by atoms with Gasteiger partial charge in [0.2, 0.25) is 0 Å². The number of amides is 1. The molecule has 0 atom stereocenters. The molecule has 0 aliphatic heterocycles. The van der Waals surface area contributed by atoms with Crippen LogP contribution >= 0.6 is 23.3 Å². The van der Waals surface area contributed by atoms with Crippen molar-refractivity contribution in [2.45, 2.75) is 6.92 Å². The number of carbonyl (C=O) groups is 1. The Labute approximate surface area is 124 Å². The monoisotopic (exact) mass is 303 g/mol. The van der Waals surface area contributed by atoms with Crippen molar-refractivity contribution < 1.29 is 4.79 Å². The Balaban J connectivity index is 1.99. The van der Waals surface area contributed by atoms with E-state index in [1.807, 2.05) is 25.1 Å². The van der Waals surface area contributed by atoms with E-state index in [4.69, 9.17) is 11.6 Å². The van der Waals surface area contributed by atoms with Gasteiger partial charge in [0, 0.05) is 5.56 Å².